The van der Waals surface area contributed by atoms with Crippen molar-refractivity contribution in [2.75, 3.05) is 19.6 Å². The molecule has 0 bridgehead atoms. The van der Waals surface area contributed by atoms with E-state index in [-0.39, 0.29) is 0 Å². The number of guanidine groups is 1. The highest BCUT2D eigenvalue weighted by Crippen LogP contribution is 2.21. The molecule has 1 aliphatic heterocycles. The number of nitrogens with one attached hydrogen (secondary N) is 2. The lowest BCUT2D eigenvalue weighted by Gasteiger charge is -2.33. The van der Waals surface area contributed by atoms with Crippen LogP contribution in [-0.2, 0) is 19.6 Å². The summed E-state index contributed by atoms with van der Waals surface area (Å²) in [5.41, 5.74) is 2.72. The van der Waals surface area contributed by atoms with Gasteiger partial charge < -0.3 is 10.6 Å². The number of rotatable bonds is 9. The minimum Gasteiger partial charge on any atom is -0.357 e. The SMILES string of the molecule is CCNC(=NCc1ccccc1CN1CCCCC1C)NCCCn1cccn1. The van der Waals surface area contributed by atoms with Gasteiger partial charge in [-0.15, -0.1) is 0 Å². The molecule has 2 aromatic rings. The molecule has 6 heteroatoms. The van der Waals surface area contributed by atoms with E-state index in [1.165, 1.54) is 36.9 Å². The van der Waals surface area contributed by atoms with E-state index < -0.39 is 0 Å². The fourth-order valence-corrected chi connectivity index (χ4v) is 3.86. The Balaban J connectivity index is 1.55. The molecule has 0 spiro atoms. The largest absolute Gasteiger partial charge is 0.357 e. The number of aliphatic imine (C=N–C) groups is 1. The third-order valence-corrected chi connectivity index (χ3v) is 5.60. The Morgan fingerprint density at radius 1 is 1.17 bits per heavy atom. The fraction of sp³-hybridized carbons (Fsp3) is 0.565. The molecule has 2 N–H and O–H groups in total. The second-order valence-electron chi connectivity index (χ2n) is 7.83. The number of aryl methyl sites for hydroxylation is 1. The van der Waals surface area contributed by atoms with Gasteiger partial charge >= 0.3 is 0 Å². The van der Waals surface area contributed by atoms with E-state index >= 15 is 0 Å². The molecule has 1 aliphatic rings. The van der Waals surface area contributed by atoms with Crippen LogP contribution in [0.25, 0.3) is 0 Å². The summed E-state index contributed by atoms with van der Waals surface area (Å²) in [6, 6.07) is 11.4. The molecule has 1 aromatic heterocycles. The number of aromatic nitrogens is 2. The zero-order valence-corrected chi connectivity index (χ0v) is 18.0. The molecule has 6 nitrogen and oxygen atoms in total. The van der Waals surface area contributed by atoms with Crippen LogP contribution in [0.2, 0.25) is 0 Å². The Morgan fingerprint density at radius 2 is 2.03 bits per heavy atom. The van der Waals surface area contributed by atoms with Crippen LogP contribution in [0.4, 0.5) is 0 Å². The fourth-order valence-electron chi connectivity index (χ4n) is 3.86. The number of hydrogen-bond acceptors (Lipinski definition) is 3. The van der Waals surface area contributed by atoms with E-state index in [1.54, 1.807) is 0 Å². The van der Waals surface area contributed by atoms with Crippen LogP contribution >= 0.6 is 0 Å². The molecule has 1 saturated heterocycles. The van der Waals surface area contributed by atoms with Crippen molar-refractivity contribution in [3.63, 3.8) is 0 Å². The summed E-state index contributed by atoms with van der Waals surface area (Å²) >= 11 is 0. The van der Waals surface area contributed by atoms with Crippen LogP contribution < -0.4 is 10.6 Å². The van der Waals surface area contributed by atoms with E-state index in [4.69, 9.17) is 4.99 Å². The minimum absolute atomic E-state index is 0.675. The first-order valence-electron chi connectivity index (χ1n) is 11.1. The highest BCUT2D eigenvalue weighted by molar-refractivity contribution is 5.79. The highest BCUT2D eigenvalue weighted by Gasteiger charge is 2.19. The van der Waals surface area contributed by atoms with Gasteiger partial charge in [-0.25, -0.2) is 4.99 Å². The topological polar surface area (TPSA) is 57.5 Å². The molecule has 29 heavy (non-hydrogen) atoms. The van der Waals surface area contributed by atoms with E-state index in [0.29, 0.717) is 12.6 Å². The van der Waals surface area contributed by atoms with Gasteiger partial charge in [0.2, 0.25) is 0 Å². The van der Waals surface area contributed by atoms with Crippen LogP contribution in [0.5, 0.6) is 0 Å². The first-order valence-corrected chi connectivity index (χ1v) is 11.1. The molecule has 2 heterocycles. The molecule has 1 aromatic carbocycles. The first-order chi connectivity index (χ1) is 14.3. The zero-order chi connectivity index (χ0) is 20.3. The number of benzene rings is 1. The quantitative estimate of drug-likeness (QED) is 0.387. The second-order valence-corrected chi connectivity index (χ2v) is 7.83. The lowest BCUT2D eigenvalue weighted by Crippen LogP contribution is -2.38. The van der Waals surface area contributed by atoms with Crippen molar-refractivity contribution in [3.05, 3.63) is 53.9 Å². The Hall–Kier alpha value is -2.34. The molecule has 1 unspecified atom stereocenters. The summed E-state index contributed by atoms with van der Waals surface area (Å²) in [6.45, 7) is 10.0. The van der Waals surface area contributed by atoms with E-state index in [0.717, 1.165) is 38.6 Å². The summed E-state index contributed by atoms with van der Waals surface area (Å²) in [6.07, 6.45) is 8.82. The van der Waals surface area contributed by atoms with Gasteiger partial charge in [-0.1, -0.05) is 30.7 Å². The van der Waals surface area contributed by atoms with Crippen molar-refractivity contribution in [2.24, 2.45) is 4.99 Å². The molecular formula is C23H36N6. The minimum atomic E-state index is 0.675. The third-order valence-electron chi connectivity index (χ3n) is 5.60. The van der Waals surface area contributed by atoms with Gasteiger partial charge in [0, 0.05) is 44.6 Å². The number of piperidine rings is 1. The van der Waals surface area contributed by atoms with Gasteiger partial charge in [-0.05, 0) is 56.8 Å². The Labute approximate surface area is 175 Å². The average Bonchev–Trinajstić information content (AvgIpc) is 3.25. The van der Waals surface area contributed by atoms with Crippen LogP contribution in [0.3, 0.4) is 0 Å². The number of nitrogens with zero attached hydrogens (tertiary/aromatic N) is 4. The standard InChI is InChI=1S/C23H36N6/c1-3-24-23(25-13-8-16-29-17-9-14-27-29)26-18-21-11-4-5-12-22(21)19-28-15-7-6-10-20(28)2/h4-5,9,11-12,14,17,20H,3,6-8,10,13,15-16,18-19H2,1-2H3,(H2,24,25,26). The predicted molar refractivity (Wildman–Crippen MR) is 120 cm³/mol. The van der Waals surface area contributed by atoms with Crippen molar-refractivity contribution in [3.8, 4) is 0 Å². The van der Waals surface area contributed by atoms with Crippen molar-refractivity contribution in [2.45, 2.75) is 65.2 Å². The van der Waals surface area contributed by atoms with Crippen LogP contribution in [0.1, 0.15) is 50.7 Å². The lowest BCUT2D eigenvalue weighted by atomic mass is 10.0. The van der Waals surface area contributed by atoms with Crippen LogP contribution in [0, 0.1) is 0 Å². The van der Waals surface area contributed by atoms with Gasteiger partial charge in [0.05, 0.1) is 6.54 Å². The van der Waals surface area contributed by atoms with Gasteiger partial charge in [0.1, 0.15) is 0 Å². The molecule has 0 aliphatic carbocycles. The van der Waals surface area contributed by atoms with Crippen molar-refractivity contribution < 1.29 is 0 Å². The maximum absolute atomic E-state index is 4.84. The Bertz CT molecular complexity index is 740. The second kappa shape index (κ2) is 11.6. The molecule has 1 fully saturated rings. The smallest absolute Gasteiger partial charge is 0.191 e. The molecule has 0 saturated carbocycles. The maximum Gasteiger partial charge on any atom is 0.191 e. The van der Waals surface area contributed by atoms with Gasteiger partial charge in [0.25, 0.3) is 0 Å². The summed E-state index contributed by atoms with van der Waals surface area (Å²) in [4.78, 5) is 7.46. The van der Waals surface area contributed by atoms with E-state index in [1.807, 2.05) is 23.1 Å². The van der Waals surface area contributed by atoms with Gasteiger partial charge in [-0.2, -0.15) is 5.10 Å². The summed E-state index contributed by atoms with van der Waals surface area (Å²) < 4.78 is 1.96. The third kappa shape index (κ3) is 6.89. The normalized spacial score (nSPS) is 18.0. The van der Waals surface area contributed by atoms with Gasteiger partial charge in [0.15, 0.2) is 5.96 Å². The zero-order valence-electron chi connectivity index (χ0n) is 18.0. The first kappa shape index (κ1) is 21.4. The van der Waals surface area contributed by atoms with E-state index in [2.05, 4.69) is 58.7 Å². The van der Waals surface area contributed by atoms with Crippen molar-refractivity contribution in [1.82, 2.24) is 25.3 Å². The summed E-state index contributed by atoms with van der Waals surface area (Å²) in [5.74, 6) is 0.883. The summed E-state index contributed by atoms with van der Waals surface area (Å²) in [5, 5.41) is 11.1. The molecular weight excluding hydrogens is 360 g/mol. The van der Waals surface area contributed by atoms with Crippen LogP contribution in [-0.4, -0.2) is 46.3 Å². The molecule has 0 radical (unpaired) electrons. The average molecular weight is 397 g/mol. The highest BCUT2D eigenvalue weighted by atomic mass is 15.3. The lowest BCUT2D eigenvalue weighted by molar-refractivity contribution is 0.152. The Morgan fingerprint density at radius 3 is 2.79 bits per heavy atom. The van der Waals surface area contributed by atoms with Crippen LogP contribution in [0.15, 0.2) is 47.7 Å². The Kier molecular flexibility index (Phi) is 8.56. The van der Waals surface area contributed by atoms with Crippen molar-refractivity contribution >= 4 is 5.96 Å². The number of likely N-dealkylation sites (tertiary alicyclic amines) is 1. The molecule has 1 atom stereocenters. The molecule has 3 rings (SSSR count). The maximum atomic E-state index is 4.84. The predicted octanol–water partition coefficient (Wildman–Crippen LogP) is 3.40. The van der Waals surface area contributed by atoms with E-state index in [9.17, 15) is 0 Å². The van der Waals surface area contributed by atoms with Gasteiger partial charge in [-0.3, -0.25) is 9.58 Å². The van der Waals surface area contributed by atoms with Crippen molar-refractivity contribution in [1.29, 1.82) is 0 Å². The monoisotopic (exact) mass is 396 g/mol. The number of hydrogen-bond donors (Lipinski definition) is 2. The molecule has 0 amide bonds. The molecule has 158 valence electrons. The summed E-state index contributed by atoms with van der Waals surface area (Å²) in [7, 11) is 0.